The van der Waals surface area contributed by atoms with Crippen molar-refractivity contribution >= 4 is 5.82 Å². The fourth-order valence-electron chi connectivity index (χ4n) is 1.88. The summed E-state index contributed by atoms with van der Waals surface area (Å²) in [7, 11) is 1.71. The number of hydrogen-bond acceptors (Lipinski definition) is 6. The van der Waals surface area contributed by atoms with Crippen LogP contribution in [-0.4, -0.2) is 49.0 Å². The van der Waals surface area contributed by atoms with E-state index in [4.69, 9.17) is 14.2 Å². The van der Waals surface area contributed by atoms with Crippen LogP contribution in [0.5, 0.6) is 5.88 Å². The van der Waals surface area contributed by atoms with Gasteiger partial charge in [0.05, 0.1) is 13.2 Å². The predicted molar refractivity (Wildman–Crippen MR) is 66.9 cm³/mol. The summed E-state index contributed by atoms with van der Waals surface area (Å²) in [6.45, 7) is 4.52. The van der Waals surface area contributed by atoms with Crippen molar-refractivity contribution in [1.29, 1.82) is 0 Å². The van der Waals surface area contributed by atoms with Crippen LogP contribution in [0, 0.1) is 0 Å². The van der Waals surface area contributed by atoms with Gasteiger partial charge in [0.25, 0.3) is 0 Å². The first-order chi connectivity index (χ1) is 8.78. The molecule has 1 unspecified atom stereocenters. The minimum atomic E-state index is -0.253. The Morgan fingerprint density at radius 3 is 3.06 bits per heavy atom. The van der Waals surface area contributed by atoms with Crippen molar-refractivity contribution < 1.29 is 14.2 Å². The number of rotatable bonds is 6. The van der Waals surface area contributed by atoms with E-state index in [1.54, 1.807) is 13.2 Å². The lowest BCUT2D eigenvalue weighted by atomic mass is 10.0. The van der Waals surface area contributed by atoms with Gasteiger partial charge in [0.2, 0.25) is 5.88 Å². The molecule has 0 aromatic carbocycles. The number of nitrogens with one attached hydrogen (secondary N) is 1. The Balaban J connectivity index is 1.94. The maximum absolute atomic E-state index is 5.54. The van der Waals surface area contributed by atoms with Crippen LogP contribution in [0.2, 0.25) is 0 Å². The number of nitrogens with zero attached hydrogens (tertiary/aromatic N) is 2. The van der Waals surface area contributed by atoms with Crippen LogP contribution in [0.25, 0.3) is 0 Å². The van der Waals surface area contributed by atoms with Gasteiger partial charge in [0, 0.05) is 32.7 Å². The first-order valence-electron chi connectivity index (χ1n) is 6.09. The van der Waals surface area contributed by atoms with Crippen LogP contribution < -0.4 is 10.1 Å². The standard InChI is InChI=1S/C12H19N3O3/c1-3-18-11-6-10(14-9-15-11)13-7-12(16-2)4-5-17-8-12/h6,9H,3-5,7-8H2,1-2H3,(H,13,14,15). The molecule has 0 bridgehead atoms. The van der Waals surface area contributed by atoms with E-state index < -0.39 is 0 Å². The molecule has 1 aromatic rings. The Labute approximate surface area is 107 Å². The normalized spacial score (nSPS) is 23.0. The number of methoxy groups -OCH3 is 1. The molecule has 0 amide bonds. The van der Waals surface area contributed by atoms with Crippen molar-refractivity contribution in [2.75, 3.05) is 38.8 Å². The van der Waals surface area contributed by atoms with Crippen molar-refractivity contribution in [1.82, 2.24) is 9.97 Å². The van der Waals surface area contributed by atoms with Gasteiger partial charge < -0.3 is 19.5 Å². The van der Waals surface area contributed by atoms with E-state index in [-0.39, 0.29) is 5.60 Å². The molecule has 2 rings (SSSR count). The average molecular weight is 253 g/mol. The molecular weight excluding hydrogens is 234 g/mol. The highest BCUT2D eigenvalue weighted by Gasteiger charge is 2.34. The second kappa shape index (κ2) is 5.97. The van der Waals surface area contributed by atoms with Gasteiger partial charge in [0.1, 0.15) is 17.7 Å². The Kier molecular flexibility index (Phi) is 4.33. The fraction of sp³-hybridized carbons (Fsp3) is 0.667. The lowest BCUT2D eigenvalue weighted by Gasteiger charge is -2.26. The summed E-state index contributed by atoms with van der Waals surface area (Å²) in [5, 5.41) is 3.24. The smallest absolute Gasteiger partial charge is 0.218 e. The fourth-order valence-corrected chi connectivity index (χ4v) is 1.88. The van der Waals surface area contributed by atoms with E-state index in [2.05, 4.69) is 15.3 Å². The van der Waals surface area contributed by atoms with Crippen molar-refractivity contribution in [2.45, 2.75) is 18.9 Å². The summed E-state index contributed by atoms with van der Waals surface area (Å²) >= 11 is 0. The van der Waals surface area contributed by atoms with Crippen LogP contribution in [0.4, 0.5) is 5.82 Å². The Morgan fingerprint density at radius 1 is 1.50 bits per heavy atom. The Morgan fingerprint density at radius 2 is 2.39 bits per heavy atom. The molecule has 1 N–H and O–H groups in total. The molecule has 6 heteroatoms. The first kappa shape index (κ1) is 13.0. The number of hydrogen-bond donors (Lipinski definition) is 1. The maximum Gasteiger partial charge on any atom is 0.218 e. The molecule has 100 valence electrons. The molecule has 0 spiro atoms. The molecule has 0 saturated carbocycles. The molecular formula is C12H19N3O3. The van der Waals surface area contributed by atoms with Crippen LogP contribution in [0.1, 0.15) is 13.3 Å². The van der Waals surface area contributed by atoms with E-state index in [9.17, 15) is 0 Å². The Hall–Kier alpha value is -1.40. The molecule has 1 aromatic heterocycles. The van der Waals surface area contributed by atoms with Gasteiger partial charge in [-0.05, 0) is 6.92 Å². The van der Waals surface area contributed by atoms with Crippen LogP contribution in [-0.2, 0) is 9.47 Å². The molecule has 1 aliphatic rings. The van der Waals surface area contributed by atoms with E-state index in [1.165, 1.54) is 6.33 Å². The summed E-state index contributed by atoms with van der Waals surface area (Å²) in [4.78, 5) is 8.17. The van der Waals surface area contributed by atoms with Gasteiger partial charge >= 0.3 is 0 Å². The Bertz CT molecular complexity index is 381. The molecule has 2 heterocycles. The zero-order valence-electron chi connectivity index (χ0n) is 10.8. The maximum atomic E-state index is 5.54. The van der Waals surface area contributed by atoms with Gasteiger partial charge in [-0.3, -0.25) is 0 Å². The minimum Gasteiger partial charge on any atom is -0.478 e. The van der Waals surface area contributed by atoms with Crippen molar-refractivity contribution in [3.05, 3.63) is 12.4 Å². The van der Waals surface area contributed by atoms with Gasteiger partial charge in [-0.2, -0.15) is 0 Å². The van der Waals surface area contributed by atoms with Crippen molar-refractivity contribution in [3.8, 4) is 5.88 Å². The lowest BCUT2D eigenvalue weighted by Crippen LogP contribution is -2.39. The summed E-state index contributed by atoms with van der Waals surface area (Å²) in [5.74, 6) is 1.31. The second-order valence-corrected chi connectivity index (χ2v) is 4.22. The third-order valence-corrected chi connectivity index (χ3v) is 3.03. The van der Waals surface area contributed by atoms with Crippen LogP contribution >= 0.6 is 0 Å². The zero-order chi connectivity index (χ0) is 12.8. The van der Waals surface area contributed by atoms with Crippen molar-refractivity contribution in [3.63, 3.8) is 0 Å². The third kappa shape index (κ3) is 3.08. The van der Waals surface area contributed by atoms with Gasteiger partial charge in [-0.15, -0.1) is 0 Å². The minimum absolute atomic E-state index is 0.253. The lowest BCUT2D eigenvalue weighted by molar-refractivity contribution is -0.00625. The monoisotopic (exact) mass is 253 g/mol. The van der Waals surface area contributed by atoms with E-state index >= 15 is 0 Å². The predicted octanol–water partition coefficient (Wildman–Crippen LogP) is 1.09. The number of aromatic nitrogens is 2. The van der Waals surface area contributed by atoms with E-state index in [1.807, 2.05) is 6.92 Å². The molecule has 0 radical (unpaired) electrons. The molecule has 18 heavy (non-hydrogen) atoms. The number of ether oxygens (including phenoxy) is 3. The highest BCUT2D eigenvalue weighted by Crippen LogP contribution is 2.23. The molecule has 1 saturated heterocycles. The number of anilines is 1. The van der Waals surface area contributed by atoms with Gasteiger partial charge in [0.15, 0.2) is 0 Å². The van der Waals surface area contributed by atoms with Gasteiger partial charge in [-0.25, -0.2) is 9.97 Å². The highest BCUT2D eigenvalue weighted by molar-refractivity contribution is 5.37. The highest BCUT2D eigenvalue weighted by atomic mass is 16.5. The molecule has 0 aliphatic carbocycles. The summed E-state index contributed by atoms with van der Waals surface area (Å²) < 4.78 is 16.2. The van der Waals surface area contributed by atoms with Crippen LogP contribution in [0.15, 0.2) is 12.4 Å². The summed E-state index contributed by atoms with van der Waals surface area (Å²) in [6.07, 6.45) is 2.37. The quantitative estimate of drug-likeness (QED) is 0.818. The van der Waals surface area contributed by atoms with Crippen LogP contribution in [0.3, 0.4) is 0 Å². The zero-order valence-corrected chi connectivity index (χ0v) is 10.8. The van der Waals surface area contributed by atoms with E-state index in [0.29, 0.717) is 25.6 Å². The summed E-state index contributed by atoms with van der Waals surface area (Å²) in [5.41, 5.74) is -0.253. The second-order valence-electron chi connectivity index (χ2n) is 4.22. The molecule has 1 fully saturated rings. The molecule has 1 aliphatic heterocycles. The molecule has 1 atom stereocenters. The molecule has 6 nitrogen and oxygen atoms in total. The SMILES string of the molecule is CCOc1cc(NCC2(OC)CCOC2)ncn1. The largest absolute Gasteiger partial charge is 0.478 e. The first-order valence-corrected chi connectivity index (χ1v) is 6.09. The van der Waals surface area contributed by atoms with Crippen molar-refractivity contribution in [2.24, 2.45) is 0 Å². The third-order valence-electron chi connectivity index (χ3n) is 3.03. The van der Waals surface area contributed by atoms with E-state index in [0.717, 1.165) is 18.8 Å². The topological polar surface area (TPSA) is 65.5 Å². The summed E-state index contributed by atoms with van der Waals surface area (Å²) in [6, 6.07) is 1.78. The average Bonchev–Trinajstić information content (AvgIpc) is 2.87. The van der Waals surface area contributed by atoms with Gasteiger partial charge in [-0.1, -0.05) is 0 Å².